The standard InChI is InChI=1S/C14H14FNO2/c1-14(17,12-7-8-16-9-13(12)15)10-3-5-11(18-2)6-4-10/h3-9,17H,1-2H3. The third kappa shape index (κ3) is 2.19. The smallest absolute Gasteiger partial charge is 0.147 e. The first-order valence-electron chi connectivity index (χ1n) is 5.52. The van der Waals surface area contributed by atoms with Crippen molar-refractivity contribution in [2.45, 2.75) is 12.5 Å². The highest BCUT2D eigenvalue weighted by Crippen LogP contribution is 2.31. The normalized spacial score (nSPS) is 14.0. The van der Waals surface area contributed by atoms with Crippen molar-refractivity contribution in [3.63, 3.8) is 0 Å². The van der Waals surface area contributed by atoms with E-state index >= 15 is 0 Å². The van der Waals surface area contributed by atoms with E-state index in [9.17, 15) is 9.50 Å². The fraction of sp³-hybridized carbons (Fsp3) is 0.214. The van der Waals surface area contributed by atoms with Crippen molar-refractivity contribution < 1.29 is 14.2 Å². The SMILES string of the molecule is COc1ccc(C(C)(O)c2ccncc2F)cc1. The molecule has 1 unspecified atom stereocenters. The van der Waals surface area contributed by atoms with E-state index in [0.717, 1.165) is 6.20 Å². The number of hydrogen-bond donors (Lipinski definition) is 1. The van der Waals surface area contributed by atoms with E-state index in [1.807, 2.05) is 0 Å². The summed E-state index contributed by atoms with van der Waals surface area (Å²) in [5, 5.41) is 10.5. The maximum atomic E-state index is 13.7. The molecule has 0 spiro atoms. The first kappa shape index (κ1) is 12.5. The number of nitrogens with zero attached hydrogens (tertiary/aromatic N) is 1. The molecule has 0 fully saturated rings. The maximum absolute atomic E-state index is 13.7. The fourth-order valence-electron chi connectivity index (χ4n) is 1.84. The van der Waals surface area contributed by atoms with Crippen molar-refractivity contribution in [1.82, 2.24) is 4.98 Å². The highest BCUT2D eigenvalue weighted by atomic mass is 19.1. The van der Waals surface area contributed by atoms with Crippen molar-refractivity contribution >= 4 is 0 Å². The second kappa shape index (κ2) is 4.74. The van der Waals surface area contributed by atoms with E-state index in [1.54, 1.807) is 38.3 Å². The molecule has 0 saturated heterocycles. The molecule has 0 radical (unpaired) electrons. The summed E-state index contributed by atoms with van der Waals surface area (Å²) in [4.78, 5) is 3.67. The lowest BCUT2D eigenvalue weighted by molar-refractivity contribution is 0.0977. The summed E-state index contributed by atoms with van der Waals surface area (Å²) in [6.07, 6.45) is 2.55. The second-order valence-electron chi connectivity index (χ2n) is 4.16. The van der Waals surface area contributed by atoms with Crippen molar-refractivity contribution in [3.05, 3.63) is 59.7 Å². The molecule has 0 aliphatic heterocycles. The van der Waals surface area contributed by atoms with Crippen LogP contribution in [0.1, 0.15) is 18.1 Å². The lowest BCUT2D eigenvalue weighted by Crippen LogP contribution is -2.24. The minimum Gasteiger partial charge on any atom is -0.497 e. The second-order valence-corrected chi connectivity index (χ2v) is 4.16. The van der Waals surface area contributed by atoms with Gasteiger partial charge < -0.3 is 9.84 Å². The van der Waals surface area contributed by atoms with Crippen LogP contribution in [0, 0.1) is 5.82 Å². The number of benzene rings is 1. The Morgan fingerprint density at radius 2 is 1.89 bits per heavy atom. The predicted molar refractivity (Wildman–Crippen MR) is 65.9 cm³/mol. The van der Waals surface area contributed by atoms with Gasteiger partial charge in [0.2, 0.25) is 0 Å². The summed E-state index contributed by atoms with van der Waals surface area (Å²) >= 11 is 0. The zero-order valence-corrected chi connectivity index (χ0v) is 10.2. The van der Waals surface area contributed by atoms with E-state index in [-0.39, 0.29) is 5.56 Å². The molecule has 0 amide bonds. The summed E-state index contributed by atoms with van der Waals surface area (Å²) in [7, 11) is 1.57. The van der Waals surface area contributed by atoms with Gasteiger partial charge in [-0.05, 0) is 30.7 Å². The third-order valence-corrected chi connectivity index (χ3v) is 2.95. The number of ether oxygens (including phenoxy) is 1. The predicted octanol–water partition coefficient (Wildman–Crippen LogP) is 2.49. The van der Waals surface area contributed by atoms with Crippen LogP contribution in [0.5, 0.6) is 5.75 Å². The Morgan fingerprint density at radius 1 is 1.22 bits per heavy atom. The van der Waals surface area contributed by atoms with E-state index in [2.05, 4.69) is 4.98 Å². The van der Waals surface area contributed by atoms with Crippen molar-refractivity contribution in [3.8, 4) is 5.75 Å². The summed E-state index contributed by atoms with van der Waals surface area (Å²) in [5.74, 6) is 0.156. The summed E-state index contributed by atoms with van der Waals surface area (Å²) in [6.45, 7) is 1.55. The molecule has 1 aromatic heterocycles. The van der Waals surface area contributed by atoms with Crippen LogP contribution < -0.4 is 4.74 Å². The van der Waals surface area contributed by atoms with Gasteiger partial charge in [0.05, 0.1) is 13.3 Å². The Balaban J connectivity index is 2.44. The number of rotatable bonds is 3. The minimum absolute atomic E-state index is 0.197. The van der Waals surface area contributed by atoms with Crippen LogP contribution in [0.15, 0.2) is 42.7 Å². The largest absolute Gasteiger partial charge is 0.497 e. The minimum atomic E-state index is -1.40. The average Bonchev–Trinajstić information content (AvgIpc) is 2.39. The third-order valence-electron chi connectivity index (χ3n) is 2.95. The van der Waals surface area contributed by atoms with Gasteiger partial charge in [0.25, 0.3) is 0 Å². The summed E-state index contributed by atoms with van der Waals surface area (Å²) < 4.78 is 18.7. The van der Waals surface area contributed by atoms with Crippen LogP contribution in [0.25, 0.3) is 0 Å². The monoisotopic (exact) mass is 247 g/mol. The van der Waals surface area contributed by atoms with Gasteiger partial charge in [0.1, 0.15) is 17.2 Å². The number of halogens is 1. The van der Waals surface area contributed by atoms with E-state index in [4.69, 9.17) is 4.74 Å². The highest BCUT2D eigenvalue weighted by molar-refractivity contribution is 5.37. The lowest BCUT2D eigenvalue weighted by atomic mass is 9.88. The first-order chi connectivity index (χ1) is 8.55. The van der Waals surface area contributed by atoms with Gasteiger partial charge in [0.15, 0.2) is 0 Å². The van der Waals surface area contributed by atoms with E-state index in [1.165, 1.54) is 12.3 Å². The molecule has 1 heterocycles. The van der Waals surface area contributed by atoms with Gasteiger partial charge in [-0.2, -0.15) is 0 Å². The topological polar surface area (TPSA) is 42.4 Å². The molecule has 2 aromatic rings. The van der Waals surface area contributed by atoms with Gasteiger partial charge in [-0.15, -0.1) is 0 Å². The molecule has 0 aliphatic carbocycles. The summed E-state index contributed by atoms with van der Waals surface area (Å²) in [5.41, 5.74) is -0.615. The van der Waals surface area contributed by atoms with Gasteiger partial charge in [0, 0.05) is 11.8 Å². The average molecular weight is 247 g/mol. The number of pyridine rings is 1. The molecule has 1 atom stereocenters. The molecule has 1 N–H and O–H groups in total. The molecule has 1 aromatic carbocycles. The van der Waals surface area contributed by atoms with Gasteiger partial charge in [-0.3, -0.25) is 4.98 Å². The fourth-order valence-corrected chi connectivity index (χ4v) is 1.84. The molecule has 94 valence electrons. The number of methoxy groups -OCH3 is 1. The van der Waals surface area contributed by atoms with E-state index < -0.39 is 11.4 Å². The van der Waals surface area contributed by atoms with Crippen LogP contribution in [0.3, 0.4) is 0 Å². The van der Waals surface area contributed by atoms with Crippen molar-refractivity contribution in [2.24, 2.45) is 0 Å². The molecule has 3 nitrogen and oxygen atoms in total. The van der Waals surface area contributed by atoms with Crippen LogP contribution in [0.4, 0.5) is 4.39 Å². The Kier molecular flexibility index (Phi) is 3.30. The Labute approximate surface area is 105 Å². The summed E-state index contributed by atoms with van der Waals surface area (Å²) in [6, 6.07) is 8.34. The van der Waals surface area contributed by atoms with Crippen LogP contribution in [-0.4, -0.2) is 17.2 Å². The van der Waals surface area contributed by atoms with Gasteiger partial charge in [-0.1, -0.05) is 12.1 Å². The van der Waals surface area contributed by atoms with Crippen molar-refractivity contribution in [1.29, 1.82) is 0 Å². The number of aromatic nitrogens is 1. The van der Waals surface area contributed by atoms with E-state index in [0.29, 0.717) is 11.3 Å². The van der Waals surface area contributed by atoms with Crippen LogP contribution in [-0.2, 0) is 5.60 Å². The van der Waals surface area contributed by atoms with Gasteiger partial charge >= 0.3 is 0 Å². The molecule has 0 saturated carbocycles. The molecule has 0 aliphatic rings. The number of aliphatic hydroxyl groups is 1. The molecular weight excluding hydrogens is 233 g/mol. The zero-order chi connectivity index (χ0) is 13.2. The first-order valence-corrected chi connectivity index (χ1v) is 5.52. The van der Waals surface area contributed by atoms with Crippen molar-refractivity contribution in [2.75, 3.05) is 7.11 Å². The zero-order valence-electron chi connectivity index (χ0n) is 10.2. The molecular formula is C14H14FNO2. The molecule has 18 heavy (non-hydrogen) atoms. The van der Waals surface area contributed by atoms with Gasteiger partial charge in [-0.25, -0.2) is 4.39 Å². The van der Waals surface area contributed by atoms with Crippen LogP contribution >= 0.6 is 0 Å². The Morgan fingerprint density at radius 3 is 2.44 bits per heavy atom. The Bertz CT molecular complexity index is 538. The highest BCUT2D eigenvalue weighted by Gasteiger charge is 2.28. The molecule has 0 bridgehead atoms. The number of hydrogen-bond acceptors (Lipinski definition) is 3. The molecule has 4 heteroatoms. The maximum Gasteiger partial charge on any atom is 0.147 e. The Hall–Kier alpha value is -1.94. The van der Waals surface area contributed by atoms with Crippen LogP contribution in [0.2, 0.25) is 0 Å². The molecule has 2 rings (SSSR count). The quantitative estimate of drug-likeness (QED) is 0.906. The lowest BCUT2D eigenvalue weighted by Gasteiger charge is -2.24.